The van der Waals surface area contributed by atoms with Gasteiger partial charge in [0, 0.05) is 45.7 Å². The molecule has 1 unspecified atom stereocenters. The number of halogens is 3. The molecule has 1 aliphatic heterocycles. The van der Waals surface area contributed by atoms with Gasteiger partial charge in [-0.15, -0.1) is 0 Å². The number of aryl methyl sites for hydroxylation is 1. The number of nitrogens with zero attached hydrogens (tertiary/aromatic N) is 7. The molecule has 0 N–H and O–H groups in total. The van der Waals surface area contributed by atoms with E-state index in [1.165, 1.54) is 31.2 Å². The molecule has 12 heteroatoms. The number of anilines is 1. The van der Waals surface area contributed by atoms with Crippen molar-refractivity contribution < 1.29 is 22.7 Å². The number of nitriles is 2. The summed E-state index contributed by atoms with van der Waals surface area (Å²) in [6, 6.07) is 17.4. The number of rotatable bonds is 7. The first-order valence-corrected chi connectivity index (χ1v) is 13.8. The summed E-state index contributed by atoms with van der Waals surface area (Å²) in [4.78, 5) is 24.4. The van der Waals surface area contributed by atoms with Crippen LogP contribution in [0.25, 0.3) is 11.1 Å². The Balaban J connectivity index is 1.49. The second kappa shape index (κ2) is 12.6. The number of imidazole rings is 1. The minimum Gasteiger partial charge on any atom is -0.361 e. The van der Waals surface area contributed by atoms with Gasteiger partial charge in [0.1, 0.15) is 18.0 Å². The molecule has 5 rings (SSSR count). The van der Waals surface area contributed by atoms with Crippen LogP contribution in [0, 0.1) is 22.7 Å². The third kappa shape index (κ3) is 6.26. The first-order chi connectivity index (χ1) is 21.1. The molecule has 44 heavy (non-hydrogen) atoms. The zero-order valence-electron chi connectivity index (χ0n) is 24.0. The van der Waals surface area contributed by atoms with Gasteiger partial charge in [0.05, 0.1) is 53.3 Å². The predicted octanol–water partition coefficient (Wildman–Crippen LogP) is 5.22. The minimum absolute atomic E-state index is 0.00525. The molecule has 0 bridgehead atoms. The number of ether oxygens (including phenoxy) is 1. The summed E-state index contributed by atoms with van der Waals surface area (Å²) in [6.07, 6.45) is -2.19. The molecular formula is C32H28F3N7O2. The smallest absolute Gasteiger partial charge is 0.361 e. The van der Waals surface area contributed by atoms with Gasteiger partial charge in [-0.1, -0.05) is 24.3 Å². The molecule has 0 saturated carbocycles. The van der Waals surface area contributed by atoms with Gasteiger partial charge < -0.3 is 19.1 Å². The summed E-state index contributed by atoms with van der Waals surface area (Å²) in [7, 11) is 1.78. The number of amides is 1. The van der Waals surface area contributed by atoms with Crippen molar-refractivity contribution in [2.24, 2.45) is 7.05 Å². The van der Waals surface area contributed by atoms with E-state index in [2.05, 4.69) is 11.1 Å². The fourth-order valence-corrected chi connectivity index (χ4v) is 5.28. The summed E-state index contributed by atoms with van der Waals surface area (Å²) in [5, 5.41) is 19.5. The Morgan fingerprint density at radius 1 is 1.00 bits per heavy atom. The maximum Gasteiger partial charge on any atom is 0.417 e. The molecule has 0 radical (unpaired) electrons. The molecule has 3 heterocycles. The van der Waals surface area contributed by atoms with E-state index in [9.17, 15) is 28.5 Å². The summed E-state index contributed by atoms with van der Waals surface area (Å²) in [5.41, 5.74) is 1.38. The van der Waals surface area contributed by atoms with Gasteiger partial charge in [-0.05, 0) is 41.5 Å². The molecule has 0 aliphatic carbocycles. The third-order valence-electron chi connectivity index (χ3n) is 7.59. The maximum absolute atomic E-state index is 13.9. The predicted molar refractivity (Wildman–Crippen MR) is 155 cm³/mol. The first kappa shape index (κ1) is 30.3. The van der Waals surface area contributed by atoms with Gasteiger partial charge in [-0.3, -0.25) is 4.79 Å². The van der Waals surface area contributed by atoms with Crippen molar-refractivity contribution in [1.29, 1.82) is 10.5 Å². The molecule has 2 aromatic carbocycles. The van der Waals surface area contributed by atoms with Crippen molar-refractivity contribution in [3.8, 4) is 23.3 Å². The van der Waals surface area contributed by atoms with Crippen molar-refractivity contribution in [1.82, 2.24) is 19.4 Å². The molecule has 224 valence electrons. The number of carbonyl (C=O) groups is 1. The molecule has 1 amide bonds. The number of piperazine rings is 1. The highest BCUT2D eigenvalue weighted by Crippen LogP contribution is 2.39. The van der Waals surface area contributed by atoms with Crippen LogP contribution in [-0.2, 0) is 29.4 Å². The van der Waals surface area contributed by atoms with Gasteiger partial charge >= 0.3 is 6.18 Å². The standard InChI is InChI=1S/C32H28F3N7O2/c1-21(43)41-11-13-42(14-12-41)31-24(17-37)9-10-25(39-31)19-44-30(29-18-38-20-40(29)2)22-7-8-23(16-36)27(15-22)26-5-3-4-6-28(26)32(33,34)35/h3-10,15,18,20,30H,11-14,19H2,1-2H3. The van der Waals surface area contributed by atoms with Crippen LogP contribution in [-0.4, -0.2) is 51.5 Å². The molecule has 1 atom stereocenters. The molecule has 2 aromatic heterocycles. The highest BCUT2D eigenvalue weighted by molar-refractivity contribution is 5.75. The number of alkyl halides is 3. The van der Waals surface area contributed by atoms with Crippen LogP contribution in [0.5, 0.6) is 0 Å². The van der Waals surface area contributed by atoms with Gasteiger partial charge in [0.15, 0.2) is 0 Å². The van der Waals surface area contributed by atoms with E-state index in [0.29, 0.717) is 54.5 Å². The van der Waals surface area contributed by atoms with Crippen LogP contribution in [0.4, 0.5) is 19.0 Å². The Morgan fingerprint density at radius 2 is 1.70 bits per heavy atom. The lowest BCUT2D eigenvalue weighted by Gasteiger charge is -2.35. The van der Waals surface area contributed by atoms with Crippen molar-refractivity contribution in [3.05, 3.63) is 101 Å². The van der Waals surface area contributed by atoms with E-state index in [4.69, 9.17) is 9.72 Å². The summed E-state index contributed by atoms with van der Waals surface area (Å²) >= 11 is 0. The summed E-state index contributed by atoms with van der Waals surface area (Å²) in [6.45, 7) is 3.62. The van der Waals surface area contributed by atoms with Crippen LogP contribution >= 0.6 is 0 Å². The van der Waals surface area contributed by atoms with Gasteiger partial charge in [0.25, 0.3) is 0 Å². The Hall–Kier alpha value is -5.20. The van der Waals surface area contributed by atoms with Gasteiger partial charge in [0.2, 0.25) is 5.91 Å². The van der Waals surface area contributed by atoms with E-state index in [1.807, 2.05) is 11.0 Å². The first-order valence-electron chi connectivity index (χ1n) is 13.8. The molecular weight excluding hydrogens is 571 g/mol. The zero-order chi connectivity index (χ0) is 31.4. The lowest BCUT2D eigenvalue weighted by Crippen LogP contribution is -2.48. The Morgan fingerprint density at radius 3 is 2.34 bits per heavy atom. The Bertz CT molecular complexity index is 1760. The van der Waals surface area contributed by atoms with E-state index in [-0.39, 0.29) is 29.2 Å². The molecule has 9 nitrogen and oxygen atoms in total. The monoisotopic (exact) mass is 599 g/mol. The number of aromatic nitrogens is 3. The summed E-state index contributed by atoms with van der Waals surface area (Å²) < 4.78 is 49.9. The van der Waals surface area contributed by atoms with Crippen LogP contribution in [0.3, 0.4) is 0 Å². The van der Waals surface area contributed by atoms with Crippen molar-refractivity contribution in [2.45, 2.75) is 25.8 Å². The maximum atomic E-state index is 13.9. The van der Waals surface area contributed by atoms with Gasteiger partial charge in [-0.25, -0.2) is 9.97 Å². The van der Waals surface area contributed by atoms with E-state index < -0.39 is 17.8 Å². The van der Waals surface area contributed by atoms with Crippen LogP contribution in [0.1, 0.15) is 46.7 Å². The molecule has 1 aliphatic rings. The fourth-order valence-electron chi connectivity index (χ4n) is 5.28. The SMILES string of the molecule is CC(=O)N1CCN(c2nc(COC(c3ccc(C#N)c(-c4ccccc4C(F)(F)F)c3)c3cncn3C)ccc2C#N)CC1. The number of hydrogen-bond acceptors (Lipinski definition) is 7. The van der Waals surface area contributed by atoms with Crippen molar-refractivity contribution in [2.75, 3.05) is 31.1 Å². The molecule has 4 aromatic rings. The largest absolute Gasteiger partial charge is 0.417 e. The number of benzene rings is 2. The molecule has 1 saturated heterocycles. The lowest BCUT2D eigenvalue weighted by atomic mass is 9.92. The number of carbonyl (C=O) groups excluding carboxylic acids is 1. The lowest BCUT2D eigenvalue weighted by molar-refractivity contribution is -0.137. The second-order valence-corrected chi connectivity index (χ2v) is 10.4. The Labute approximate surface area is 252 Å². The number of pyridine rings is 1. The highest BCUT2D eigenvalue weighted by Gasteiger charge is 2.34. The molecule has 1 fully saturated rings. The fraction of sp³-hybridized carbons (Fsp3) is 0.281. The van der Waals surface area contributed by atoms with Crippen molar-refractivity contribution >= 4 is 11.7 Å². The van der Waals surface area contributed by atoms with Crippen LogP contribution < -0.4 is 4.90 Å². The van der Waals surface area contributed by atoms with E-state index in [1.54, 1.807) is 53.3 Å². The van der Waals surface area contributed by atoms with Gasteiger partial charge in [-0.2, -0.15) is 23.7 Å². The van der Waals surface area contributed by atoms with Crippen molar-refractivity contribution in [3.63, 3.8) is 0 Å². The highest BCUT2D eigenvalue weighted by atomic mass is 19.4. The number of hydrogen-bond donors (Lipinski definition) is 0. The topological polar surface area (TPSA) is 111 Å². The second-order valence-electron chi connectivity index (χ2n) is 10.4. The quantitative estimate of drug-likeness (QED) is 0.286. The Kier molecular flexibility index (Phi) is 8.65. The average Bonchev–Trinajstić information content (AvgIpc) is 3.45. The zero-order valence-corrected chi connectivity index (χ0v) is 24.0. The summed E-state index contributed by atoms with van der Waals surface area (Å²) in [5.74, 6) is 0.493. The normalized spacial score (nSPS) is 14.2. The third-order valence-corrected chi connectivity index (χ3v) is 7.59. The minimum atomic E-state index is -4.62. The van der Waals surface area contributed by atoms with E-state index in [0.717, 1.165) is 6.07 Å². The molecule has 0 spiro atoms. The average molecular weight is 600 g/mol. The van der Waals surface area contributed by atoms with Crippen LogP contribution in [0.2, 0.25) is 0 Å². The van der Waals surface area contributed by atoms with E-state index >= 15 is 0 Å². The van der Waals surface area contributed by atoms with Crippen LogP contribution in [0.15, 0.2) is 67.1 Å².